The van der Waals surface area contributed by atoms with Crippen molar-refractivity contribution in [3.63, 3.8) is 0 Å². The van der Waals surface area contributed by atoms with Crippen molar-refractivity contribution in [1.29, 1.82) is 0 Å². The van der Waals surface area contributed by atoms with Crippen LogP contribution in [0.5, 0.6) is 0 Å². The molecule has 7 nitrogen and oxygen atoms in total. The summed E-state index contributed by atoms with van der Waals surface area (Å²) in [5.74, 6) is -0.893. The molecule has 1 aliphatic carbocycles. The molecule has 0 atom stereocenters. The van der Waals surface area contributed by atoms with Crippen LogP contribution in [0.2, 0.25) is 0 Å². The van der Waals surface area contributed by atoms with E-state index in [1.54, 1.807) is 4.90 Å². The van der Waals surface area contributed by atoms with Crippen molar-refractivity contribution in [2.75, 3.05) is 26.2 Å². The molecule has 0 spiro atoms. The van der Waals surface area contributed by atoms with Gasteiger partial charge in [-0.25, -0.2) is 9.07 Å². The summed E-state index contributed by atoms with van der Waals surface area (Å²) in [6.45, 7) is 0.773. The van der Waals surface area contributed by atoms with Crippen LogP contribution in [0.3, 0.4) is 0 Å². The fourth-order valence-corrected chi connectivity index (χ4v) is 4.71. The molecular formula is C23H27F4N5O2. The molecular weight excluding hydrogens is 454 g/mol. The van der Waals surface area contributed by atoms with Crippen LogP contribution in [0.25, 0.3) is 5.69 Å². The Kier molecular flexibility index (Phi) is 7.18. The van der Waals surface area contributed by atoms with Crippen molar-refractivity contribution in [1.82, 2.24) is 24.8 Å². The molecule has 1 aromatic heterocycles. The molecule has 34 heavy (non-hydrogen) atoms. The fourth-order valence-electron chi connectivity index (χ4n) is 4.71. The van der Waals surface area contributed by atoms with Gasteiger partial charge in [-0.1, -0.05) is 37.3 Å². The van der Waals surface area contributed by atoms with Crippen LogP contribution >= 0.6 is 0 Å². The lowest BCUT2D eigenvalue weighted by Crippen LogP contribution is -2.51. The Bertz CT molecular complexity index is 1010. The number of piperazine rings is 1. The lowest BCUT2D eigenvalue weighted by Gasteiger charge is -2.35. The lowest BCUT2D eigenvalue weighted by molar-refractivity contribution is -0.143. The molecule has 4 rings (SSSR count). The quantitative estimate of drug-likeness (QED) is 0.604. The number of rotatable bonds is 5. The van der Waals surface area contributed by atoms with E-state index < -0.39 is 29.3 Å². The number of hydrogen-bond donors (Lipinski definition) is 0. The van der Waals surface area contributed by atoms with Gasteiger partial charge in [0.05, 0.1) is 5.69 Å². The molecule has 1 saturated heterocycles. The minimum atomic E-state index is -4.90. The summed E-state index contributed by atoms with van der Waals surface area (Å²) in [7, 11) is 0. The molecule has 0 unspecified atom stereocenters. The minimum Gasteiger partial charge on any atom is -0.339 e. The molecule has 0 radical (unpaired) electrons. The Morgan fingerprint density at radius 2 is 1.56 bits per heavy atom. The largest absolute Gasteiger partial charge is 0.435 e. The van der Waals surface area contributed by atoms with Crippen LogP contribution in [-0.2, 0) is 11.0 Å². The molecule has 1 saturated carbocycles. The van der Waals surface area contributed by atoms with Crippen LogP contribution in [0.4, 0.5) is 17.6 Å². The monoisotopic (exact) mass is 481 g/mol. The average Bonchev–Trinajstić information content (AvgIpc) is 3.29. The molecule has 184 valence electrons. The highest BCUT2D eigenvalue weighted by atomic mass is 19.4. The highest BCUT2D eigenvalue weighted by molar-refractivity contribution is 5.94. The van der Waals surface area contributed by atoms with E-state index in [4.69, 9.17) is 0 Å². The van der Waals surface area contributed by atoms with Gasteiger partial charge in [0.1, 0.15) is 5.82 Å². The molecule has 2 heterocycles. The maximum Gasteiger partial charge on any atom is 0.435 e. The molecule has 2 aliphatic rings. The van der Waals surface area contributed by atoms with Gasteiger partial charge < -0.3 is 9.80 Å². The zero-order chi connectivity index (χ0) is 24.3. The molecule has 0 N–H and O–H groups in total. The second kappa shape index (κ2) is 10.1. The Morgan fingerprint density at radius 1 is 0.941 bits per heavy atom. The number of alkyl halides is 3. The van der Waals surface area contributed by atoms with E-state index in [0.717, 1.165) is 43.5 Å². The van der Waals surface area contributed by atoms with Crippen LogP contribution < -0.4 is 0 Å². The van der Waals surface area contributed by atoms with Gasteiger partial charge >= 0.3 is 6.18 Å². The number of hydrogen-bond acceptors (Lipinski definition) is 4. The summed E-state index contributed by atoms with van der Waals surface area (Å²) in [6, 6.07) is 4.27. The molecule has 1 aliphatic heterocycles. The Labute approximate surface area is 194 Å². The maximum atomic E-state index is 13.8. The number of halogens is 4. The third kappa shape index (κ3) is 5.39. The molecule has 2 amide bonds. The van der Waals surface area contributed by atoms with E-state index in [1.165, 1.54) is 24.2 Å². The van der Waals surface area contributed by atoms with E-state index in [0.29, 0.717) is 17.0 Å². The van der Waals surface area contributed by atoms with Crippen molar-refractivity contribution in [3.8, 4) is 5.69 Å². The number of benzene rings is 1. The van der Waals surface area contributed by atoms with Crippen molar-refractivity contribution in [2.24, 2.45) is 5.92 Å². The standard InChI is InChI=1S/C23H27F4N5O2/c24-17-7-9-18(10-8-17)32-21(23(25,26)27)20(28-29-32)22(34)31-14-12-30(13-15-31)19(33)11-6-16-4-2-1-3-5-16/h7-10,16H,1-6,11-15H2. The SMILES string of the molecule is O=C(CCC1CCCCC1)N1CCN(C(=O)c2nnn(-c3ccc(F)cc3)c2C(F)(F)F)CC1. The molecule has 1 aromatic carbocycles. The van der Waals surface area contributed by atoms with E-state index in [-0.39, 0.29) is 37.8 Å². The third-order valence-corrected chi connectivity index (χ3v) is 6.62. The second-order valence-electron chi connectivity index (χ2n) is 8.89. The number of amides is 2. The lowest BCUT2D eigenvalue weighted by atomic mass is 9.86. The van der Waals surface area contributed by atoms with Crippen LogP contribution in [0.15, 0.2) is 24.3 Å². The summed E-state index contributed by atoms with van der Waals surface area (Å²) >= 11 is 0. The summed E-state index contributed by atoms with van der Waals surface area (Å²) in [6.07, 6.45) is 2.43. The van der Waals surface area contributed by atoms with Crippen molar-refractivity contribution in [3.05, 3.63) is 41.5 Å². The van der Waals surface area contributed by atoms with Gasteiger partial charge in [-0.3, -0.25) is 9.59 Å². The topological polar surface area (TPSA) is 71.3 Å². The third-order valence-electron chi connectivity index (χ3n) is 6.62. The predicted molar refractivity (Wildman–Crippen MR) is 115 cm³/mol. The highest BCUT2D eigenvalue weighted by Gasteiger charge is 2.43. The maximum absolute atomic E-state index is 13.8. The first-order valence-electron chi connectivity index (χ1n) is 11.6. The first-order valence-corrected chi connectivity index (χ1v) is 11.6. The average molecular weight is 481 g/mol. The van der Waals surface area contributed by atoms with Gasteiger partial charge in [-0.05, 0) is 36.6 Å². The second-order valence-corrected chi connectivity index (χ2v) is 8.89. The smallest absolute Gasteiger partial charge is 0.339 e. The van der Waals surface area contributed by atoms with E-state index in [9.17, 15) is 27.2 Å². The zero-order valence-electron chi connectivity index (χ0n) is 18.7. The van der Waals surface area contributed by atoms with E-state index in [2.05, 4.69) is 10.3 Å². The normalized spacial score (nSPS) is 17.8. The van der Waals surface area contributed by atoms with Crippen LogP contribution in [0, 0.1) is 11.7 Å². The van der Waals surface area contributed by atoms with Gasteiger partial charge in [0, 0.05) is 32.6 Å². The van der Waals surface area contributed by atoms with E-state index in [1.807, 2.05) is 0 Å². The van der Waals surface area contributed by atoms with Gasteiger partial charge in [0.15, 0.2) is 11.4 Å². The van der Waals surface area contributed by atoms with E-state index >= 15 is 0 Å². The first kappa shape index (κ1) is 24.2. The van der Waals surface area contributed by atoms with Gasteiger partial charge in [-0.15, -0.1) is 5.10 Å². The van der Waals surface area contributed by atoms with Gasteiger partial charge in [-0.2, -0.15) is 13.2 Å². The van der Waals surface area contributed by atoms with Crippen molar-refractivity contribution < 1.29 is 27.2 Å². The zero-order valence-corrected chi connectivity index (χ0v) is 18.7. The number of nitrogens with zero attached hydrogens (tertiary/aromatic N) is 5. The molecule has 11 heteroatoms. The Hall–Kier alpha value is -2.98. The van der Waals surface area contributed by atoms with Gasteiger partial charge in [0.25, 0.3) is 5.91 Å². The summed E-state index contributed by atoms with van der Waals surface area (Å²) in [4.78, 5) is 28.4. The summed E-state index contributed by atoms with van der Waals surface area (Å²) in [5.41, 5.74) is -2.18. The summed E-state index contributed by atoms with van der Waals surface area (Å²) < 4.78 is 55.2. The first-order chi connectivity index (χ1) is 16.2. The minimum absolute atomic E-state index is 0.0240. The Balaban J connectivity index is 1.41. The Morgan fingerprint density at radius 3 is 2.18 bits per heavy atom. The fraction of sp³-hybridized carbons (Fsp3) is 0.565. The molecule has 2 fully saturated rings. The number of carbonyl (C=O) groups excluding carboxylic acids is 2. The predicted octanol–water partition coefficient (Wildman–Crippen LogP) is 4.07. The molecule has 2 aromatic rings. The number of aromatic nitrogens is 3. The summed E-state index contributed by atoms with van der Waals surface area (Å²) in [5, 5.41) is 7.04. The highest BCUT2D eigenvalue weighted by Crippen LogP contribution is 2.33. The van der Waals surface area contributed by atoms with Gasteiger partial charge in [0.2, 0.25) is 5.91 Å². The van der Waals surface area contributed by atoms with Crippen LogP contribution in [-0.4, -0.2) is 62.8 Å². The van der Waals surface area contributed by atoms with Crippen molar-refractivity contribution >= 4 is 11.8 Å². The number of carbonyl (C=O) groups is 2. The van der Waals surface area contributed by atoms with Crippen molar-refractivity contribution in [2.45, 2.75) is 51.1 Å². The van der Waals surface area contributed by atoms with Crippen LogP contribution in [0.1, 0.15) is 61.1 Å². The molecule has 0 bridgehead atoms.